The molecule has 0 unspecified atom stereocenters. The first-order valence-electron chi connectivity index (χ1n) is 6.94. The molecule has 3 rings (SSSR count). The molecule has 1 N–H and O–H groups in total. The van der Waals surface area contributed by atoms with Crippen LogP contribution in [0.5, 0.6) is 5.75 Å². The van der Waals surface area contributed by atoms with E-state index >= 15 is 0 Å². The predicted molar refractivity (Wildman–Crippen MR) is 79.8 cm³/mol. The number of rotatable bonds is 4. The van der Waals surface area contributed by atoms with Crippen LogP contribution >= 0.6 is 0 Å². The van der Waals surface area contributed by atoms with Gasteiger partial charge in [-0.1, -0.05) is 0 Å². The molecule has 7 nitrogen and oxygen atoms in total. The number of β-amino-alcohol motifs (C(OH)–C–C–N with tert-alkyl or cyclic N) is 1. The zero-order valence-electron chi connectivity index (χ0n) is 12.3. The second kappa shape index (κ2) is 5.91. The van der Waals surface area contributed by atoms with Crippen molar-refractivity contribution in [3.05, 3.63) is 36.7 Å². The molecule has 124 valence electrons. The fraction of sp³-hybridized carbons (Fsp3) is 0.357. The molecule has 0 amide bonds. The Kier molecular flexibility index (Phi) is 4.09. The molecule has 1 saturated heterocycles. The number of methoxy groups -OCH3 is 1. The number of aliphatic hydroxyl groups excluding tert-OH is 1. The van der Waals surface area contributed by atoms with Gasteiger partial charge < -0.3 is 9.84 Å². The number of aromatic nitrogens is 2. The maximum Gasteiger partial charge on any atom is 0.247 e. The Morgan fingerprint density at radius 2 is 2.17 bits per heavy atom. The summed E-state index contributed by atoms with van der Waals surface area (Å²) in [4.78, 5) is -0.0886. The van der Waals surface area contributed by atoms with E-state index in [0.29, 0.717) is 5.69 Å². The average molecular weight is 341 g/mol. The highest BCUT2D eigenvalue weighted by Crippen LogP contribution is 2.31. The molecule has 2 aromatic rings. The Morgan fingerprint density at radius 3 is 2.74 bits per heavy atom. The summed E-state index contributed by atoms with van der Waals surface area (Å²) in [7, 11) is -2.63. The van der Waals surface area contributed by atoms with Gasteiger partial charge in [-0.15, -0.1) is 0 Å². The standard InChI is InChI=1S/C14H16FN3O4S/c1-22-13-4-3-10(18-6-2-5-16-18)7-14(13)23(20,21)17-8-11(15)12(19)9-17/h2-7,11-12,19H,8-9H2,1H3/t11-,12-/m1/s1. The van der Waals surface area contributed by atoms with Gasteiger partial charge in [-0.25, -0.2) is 17.5 Å². The van der Waals surface area contributed by atoms with E-state index in [0.717, 1.165) is 4.31 Å². The van der Waals surface area contributed by atoms with Gasteiger partial charge in [0, 0.05) is 25.5 Å². The monoisotopic (exact) mass is 341 g/mol. The number of nitrogens with zero attached hydrogens (tertiary/aromatic N) is 3. The molecular weight excluding hydrogens is 325 g/mol. The summed E-state index contributed by atoms with van der Waals surface area (Å²) in [5.41, 5.74) is 0.533. The summed E-state index contributed by atoms with van der Waals surface area (Å²) in [5, 5.41) is 13.5. The van der Waals surface area contributed by atoms with Gasteiger partial charge in [-0.05, 0) is 24.3 Å². The molecule has 0 bridgehead atoms. The van der Waals surface area contributed by atoms with E-state index in [2.05, 4.69) is 5.10 Å². The topological polar surface area (TPSA) is 84.7 Å². The van der Waals surface area contributed by atoms with Crippen LogP contribution in [0.15, 0.2) is 41.6 Å². The van der Waals surface area contributed by atoms with Crippen LogP contribution in [0.25, 0.3) is 5.69 Å². The molecular formula is C14H16FN3O4S. The zero-order chi connectivity index (χ0) is 16.6. The van der Waals surface area contributed by atoms with Crippen LogP contribution < -0.4 is 4.74 Å². The van der Waals surface area contributed by atoms with E-state index in [1.54, 1.807) is 24.5 Å². The van der Waals surface area contributed by atoms with E-state index in [-0.39, 0.29) is 23.7 Å². The molecule has 0 radical (unpaired) electrons. The maximum atomic E-state index is 13.5. The van der Waals surface area contributed by atoms with Crippen LogP contribution in [0.3, 0.4) is 0 Å². The number of alkyl halides is 1. The molecule has 2 atom stereocenters. The Morgan fingerprint density at radius 1 is 1.39 bits per heavy atom. The first kappa shape index (κ1) is 15.9. The lowest BCUT2D eigenvalue weighted by atomic mass is 10.3. The largest absolute Gasteiger partial charge is 0.495 e. The number of aliphatic hydroxyl groups is 1. The van der Waals surface area contributed by atoms with Gasteiger partial charge in [0.15, 0.2) is 0 Å². The van der Waals surface area contributed by atoms with E-state index in [9.17, 15) is 17.9 Å². The van der Waals surface area contributed by atoms with Gasteiger partial charge in [-0.3, -0.25) is 0 Å². The van der Waals surface area contributed by atoms with Crippen LogP contribution in [-0.2, 0) is 10.0 Å². The Bertz CT molecular complexity index is 784. The van der Waals surface area contributed by atoms with Crippen LogP contribution in [0.1, 0.15) is 0 Å². The van der Waals surface area contributed by atoms with Crippen molar-refractivity contribution in [3.8, 4) is 11.4 Å². The Hall–Kier alpha value is -1.97. The first-order valence-corrected chi connectivity index (χ1v) is 8.38. The minimum absolute atomic E-state index is 0.0886. The molecule has 0 spiro atoms. The van der Waals surface area contributed by atoms with Crippen molar-refractivity contribution in [2.45, 2.75) is 17.2 Å². The first-order chi connectivity index (χ1) is 10.9. The number of hydrogen-bond acceptors (Lipinski definition) is 5. The molecule has 1 aromatic heterocycles. The predicted octanol–water partition coefficient (Wildman–Crippen LogP) is 0.584. The highest BCUT2D eigenvalue weighted by atomic mass is 32.2. The minimum atomic E-state index is -3.99. The third-order valence-corrected chi connectivity index (χ3v) is 5.57. The quantitative estimate of drug-likeness (QED) is 0.880. The Labute approximate surface area is 133 Å². The maximum absolute atomic E-state index is 13.5. The van der Waals surface area contributed by atoms with E-state index in [1.165, 1.54) is 23.9 Å². The molecule has 2 heterocycles. The smallest absolute Gasteiger partial charge is 0.247 e. The molecule has 9 heteroatoms. The van der Waals surface area contributed by atoms with Crippen molar-refractivity contribution in [1.29, 1.82) is 0 Å². The summed E-state index contributed by atoms with van der Waals surface area (Å²) in [6, 6.07) is 6.31. The number of benzene rings is 1. The van der Waals surface area contributed by atoms with Gasteiger partial charge in [-0.2, -0.15) is 9.40 Å². The summed E-state index contributed by atoms with van der Waals surface area (Å²) >= 11 is 0. The number of halogens is 1. The Balaban J connectivity index is 2.05. The van der Waals surface area contributed by atoms with Gasteiger partial charge in [0.05, 0.1) is 12.8 Å². The molecule has 0 aliphatic carbocycles. The van der Waals surface area contributed by atoms with Crippen molar-refractivity contribution in [2.75, 3.05) is 20.2 Å². The van der Waals surface area contributed by atoms with Crippen LogP contribution in [0, 0.1) is 0 Å². The van der Waals surface area contributed by atoms with Crippen molar-refractivity contribution in [1.82, 2.24) is 14.1 Å². The second-order valence-electron chi connectivity index (χ2n) is 5.19. The second-order valence-corrected chi connectivity index (χ2v) is 7.10. The molecule has 1 fully saturated rings. The minimum Gasteiger partial charge on any atom is -0.495 e. The molecule has 1 aliphatic heterocycles. The normalized spacial score (nSPS) is 22.4. The fourth-order valence-corrected chi connectivity index (χ4v) is 4.12. The lowest BCUT2D eigenvalue weighted by Gasteiger charge is -2.18. The van der Waals surface area contributed by atoms with E-state index in [4.69, 9.17) is 4.74 Å². The highest BCUT2D eigenvalue weighted by molar-refractivity contribution is 7.89. The lowest BCUT2D eigenvalue weighted by Crippen LogP contribution is -2.30. The average Bonchev–Trinajstić information content (AvgIpc) is 3.18. The summed E-state index contributed by atoms with van der Waals surface area (Å²) in [6.45, 7) is -0.655. The third-order valence-electron chi connectivity index (χ3n) is 3.72. The fourth-order valence-electron chi connectivity index (χ4n) is 2.48. The van der Waals surface area contributed by atoms with Gasteiger partial charge >= 0.3 is 0 Å². The van der Waals surface area contributed by atoms with Crippen molar-refractivity contribution < 1.29 is 22.7 Å². The van der Waals surface area contributed by atoms with Gasteiger partial charge in [0.1, 0.15) is 22.9 Å². The molecule has 1 aromatic carbocycles. The number of hydrogen-bond donors (Lipinski definition) is 1. The zero-order valence-corrected chi connectivity index (χ0v) is 13.1. The van der Waals surface area contributed by atoms with E-state index < -0.39 is 22.3 Å². The van der Waals surface area contributed by atoms with Gasteiger partial charge in [0.25, 0.3) is 0 Å². The summed E-state index contributed by atoms with van der Waals surface area (Å²) in [5.74, 6) is 0.151. The van der Waals surface area contributed by atoms with Crippen molar-refractivity contribution in [3.63, 3.8) is 0 Å². The lowest BCUT2D eigenvalue weighted by molar-refractivity contribution is 0.117. The van der Waals surface area contributed by atoms with Crippen molar-refractivity contribution in [2.24, 2.45) is 0 Å². The summed E-state index contributed by atoms with van der Waals surface area (Å²) in [6.07, 6.45) is 0.341. The SMILES string of the molecule is COc1ccc(-n2cccn2)cc1S(=O)(=O)N1C[C@@H](O)[C@H](F)C1. The van der Waals surface area contributed by atoms with Crippen LogP contribution in [0.2, 0.25) is 0 Å². The number of ether oxygens (including phenoxy) is 1. The number of sulfonamides is 1. The highest BCUT2D eigenvalue weighted by Gasteiger charge is 2.39. The van der Waals surface area contributed by atoms with Crippen LogP contribution in [0.4, 0.5) is 4.39 Å². The van der Waals surface area contributed by atoms with E-state index in [1.807, 2.05) is 0 Å². The molecule has 1 aliphatic rings. The van der Waals surface area contributed by atoms with Gasteiger partial charge in [0.2, 0.25) is 10.0 Å². The molecule has 0 saturated carbocycles. The van der Waals surface area contributed by atoms with Crippen molar-refractivity contribution >= 4 is 10.0 Å². The van der Waals surface area contributed by atoms with Crippen LogP contribution in [-0.4, -0.2) is 60.1 Å². The third kappa shape index (κ3) is 2.82. The molecule has 23 heavy (non-hydrogen) atoms. The summed E-state index contributed by atoms with van der Waals surface area (Å²) < 4.78 is 46.6.